The van der Waals surface area contributed by atoms with E-state index in [-0.39, 0.29) is 27.9 Å². The average Bonchev–Trinajstić information content (AvgIpc) is 3.08. The van der Waals surface area contributed by atoms with Gasteiger partial charge in [-0.3, -0.25) is 9.52 Å². The van der Waals surface area contributed by atoms with Crippen molar-refractivity contribution in [2.45, 2.75) is 30.1 Å². The number of ether oxygens (including phenoxy) is 2. The van der Waals surface area contributed by atoms with Crippen LogP contribution in [-0.4, -0.2) is 38.3 Å². The van der Waals surface area contributed by atoms with Gasteiger partial charge >= 0.3 is 5.97 Å². The summed E-state index contributed by atoms with van der Waals surface area (Å²) in [7, 11) is -2.40. The van der Waals surface area contributed by atoms with Crippen LogP contribution in [0.4, 0.5) is 5.69 Å². The lowest BCUT2D eigenvalue weighted by molar-refractivity contribution is -0.144. The molecule has 0 aliphatic carbocycles. The Morgan fingerprint density at radius 1 is 1.24 bits per heavy atom. The number of para-hydroxylation sites is 2. The van der Waals surface area contributed by atoms with E-state index in [4.69, 9.17) is 13.9 Å². The Morgan fingerprint density at radius 3 is 2.72 bits per heavy atom. The smallest absolute Gasteiger partial charge is 0.316 e. The molecule has 1 aromatic heterocycles. The summed E-state index contributed by atoms with van der Waals surface area (Å²) in [5.41, 5.74) is 1.11. The highest BCUT2D eigenvalue weighted by Gasteiger charge is 2.19. The lowest BCUT2D eigenvalue weighted by Crippen LogP contribution is -2.13. The number of benzene rings is 2. The number of aromatic nitrogens is 1. The van der Waals surface area contributed by atoms with Crippen molar-refractivity contribution >= 4 is 44.5 Å². The molecule has 0 unspecified atom stereocenters. The predicted octanol–water partition coefficient (Wildman–Crippen LogP) is 3.68. The van der Waals surface area contributed by atoms with Crippen molar-refractivity contribution in [3.63, 3.8) is 0 Å². The van der Waals surface area contributed by atoms with Crippen molar-refractivity contribution in [3.8, 4) is 5.75 Å². The molecule has 0 radical (unpaired) electrons. The first kappa shape index (κ1) is 21.0. The minimum atomic E-state index is -3.86. The molecule has 154 valence electrons. The first-order valence-corrected chi connectivity index (χ1v) is 11.1. The van der Waals surface area contributed by atoms with Gasteiger partial charge in [-0.05, 0) is 44.2 Å². The van der Waals surface area contributed by atoms with E-state index < -0.39 is 10.0 Å². The van der Waals surface area contributed by atoms with Crippen LogP contribution in [0, 0.1) is 0 Å². The molecule has 1 heterocycles. The fourth-order valence-corrected chi connectivity index (χ4v) is 4.18. The van der Waals surface area contributed by atoms with Gasteiger partial charge in [0.1, 0.15) is 17.0 Å². The maximum Gasteiger partial charge on any atom is 0.316 e. The average molecular weight is 437 g/mol. The molecule has 0 atom stereocenters. The van der Waals surface area contributed by atoms with Gasteiger partial charge in [0.25, 0.3) is 15.2 Å². The fourth-order valence-electron chi connectivity index (χ4n) is 2.47. The first-order valence-electron chi connectivity index (χ1n) is 8.67. The van der Waals surface area contributed by atoms with Crippen LogP contribution < -0.4 is 9.46 Å². The summed E-state index contributed by atoms with van der Waals surface area (Å²) in [6, 6.07) is 11.1. The van der Waals surface area contributed by atoms with Crippen molar-refractivity contribution in [1.29, 1.82) is 0 Å². The number of nitrogens with zero attached hydrogens (tertiary/aromatic N) is 1. The van der Waals surface area contributed by atoms with E-state index in [2.05, 4.69) is 9.71 Å². The number of oxazole rings is 1. The van der Waals surface area contributed by atoms with Gasteiger partial charge < -0.3 is 13.9 Å². The first-order chi connectivity index (χ1) is 13.8. The number of thioether (sulfide) groups is 1. The van der Waals surface area contributed by atoms with Crippen LogP contribution in [0.15, 0.2) is 57.0 Å². The Bertz CT molecular complexity index is 1120. The summed E-state index contributed by atoms with van der Waals surface area (Å²) in [4.78, 5) is 15.9. The van der Waals surface area contributed by atoms with E-state index in [0.717, 1.165) is 11.8 Å². The second-order valence-corrected chi connectivity index (χ2v) is 8.85. The molecule has 2 aromatic carbocycles. The third-order valence-electron chi connectivity index (χ3n) is 3.68. The zero-order valence-corrected chi connectivity index (χ0v) is 17.7. The van der Waals surface area contributed by atoms with Crippen molar-refractivity contribution in [2.24, 2.45) is 0 Å². The zero-order chi connectivity index (χ0) is 21.0. The Labute approximate surface area is 172 Å². The van der Waals surface area contributed by atoms with Crippen LogP contribution in [0.5, 0.6) is 5.75 Å². The highest BCUT2D eigenvalue weighted by molar-refractivity contribution is 7.99. The van der Waals surface area contributed by atoms with Gasteiger partial charge in [-0.2, -0.15) is 0 Å². The number of fused-ring (bicyclic) bond motifs is 1. The highest BCUT2D eigenvalue weighted by Crippen LogP contribution is 2.29. The van der Waals surface area contributed by atoms with E-state index >= 15 is 0 Å². The molecule has 0 saturated carbocycles. The molecule has 10 heteroatoms. The second-order valence-electron chi connectivity index (χ2n) is 6.24. The van der Waals surface area contributed by atoms with Crippen LogP contribution >= 0.6 is 11.8 Å². The normalized spacial score (nSPS) is 11.6. The number of hydrogen-bond donors (Lipinski definition) is 1. The molecule has 0 saturated heterocycles. The van der Waals surface area contributed by atoms with Crippen LogP contribution in [-0.2, 0) is 19.6 Å². The van der Waals surface area contributed by atoms with Crippen molar-refractivity contribution in [2.75, 3.05) is 17.6 Å². The van der Waals surface area contributed by atoms with E-state index in [9.17, 15) is 13.2 Å². The second kappa shape index (κ2) is 8.75. The Hall–Kier alpha value is -2.72. The van der Waals surface area contributed by atoms with Crippen LogP contribution in [0.2, 0.25) is 0 Å². The monoisotopic (exact) mass is 436 g/mol. The van der Waals surface area contributed by atoms with E-state index in [1.54, 1.807) is 38.1 Å². The summed E-state index contributed by atoms with van der Waals surface area (Å²) in [5, 5.41) is 0.257. The molecule has 3 aromatic rings. The lowest BCUT2D eigenvalue weighted by Gasteiger charge is -2.11. The standard InChI is InChI=1S/C19H20N2O6S2/c1-12(2)26-18(22)11-28-19-20-15-10-13(8-9-17(15)27-19)29(23,24)21-14-6-4-5-7-16(14)25-3/h4-10,12,21H,11H2,1-3H3. The van der Waals surface area contributed by atoms with Gasteiger partial charge in [0.2, 0.25) is 0 Å². The largest absolute Gasteiger partial charge is 0.495 e. The molecule has 0 aliphatic heterocycles. The molecule has 0 spiro atoms. The lowest BCUT2D eigenvalue weighted by atomic mass is 10.3. The molecule has 1 N–H and O–H groups in total. The van der Waals surface area contributed by atoms with Crippen LogP contribution in [0.3, 0.4) is 0 Å². The van der Waals surface area contributed by atoms with Crippen molar-refractivity contribution in [1.82, 2.24) is 4.98 Å². The summed E-state index contributed by atoms with van der Waals surface area (Å²) >= 11 is 1.08. The predicted molar refractivity (Wildman–Crippen MR) is 110 cm³/mol. The number of hydrogen-bond acceptors (Lipinski definition) is 8. The molecule has 8 nitrogen and oxygen atoms in total. The van der Waals surface area contributed by atoms with Gasteiger partial charge in [-0.25, -0.2) is 13.4 Å². The fraction of sp³-hybridized carbons (Fsp3) is 0.263. The van der Waals surface area contributed by atoms with Gasteiger partial charge in [-0.1, -0.05) is 23.9 Å². The number of sulfonamides is 1. The van der Waals surface area contributed by atoms with E-state index in [1.807, 2.05) is 0 Å². The van der Waals surface area contributed by atoms with Gasteiger partial charge in [0, 0.05) is 0 Å². The van der Waals surface area contributed by atoms with Crippen LogP contribution in [0.1, 0.15) is 13.8 Å². The molecule has 3 rings (SSSR count). The quantitative estimate of drug-likeness (QED) is 0.421. The summed E-state index contributed by atoms with van der Waals surface area (Å²) in [5.74, 6) is 0.0769. The highest BCUT2D eigenvalue weighted by atomic mass is 32.2. The summed E-state index contributed by atoms with van der Waals surface area (Å²) < 4.78 is 43.8. The number of carbonyl (C=O) groups excluding carboxylic acids is 1. The Kier molecular flexibility index (Phi) is 6.33. The number of rotatable bonds is 8. The third kappa shape index (κ3) is 5.21. The Morgan fingerprint density at radius 2 is 2.00 bits per heavy atom. The summed E-state index contributed by atoms with van der Waals surface area (Å²) in [6.07, 6.45) is -0.199. The number of nitrogens with one attached hydrogen (secondary N) is 1. The molecular weight excluding hydrogens is 416 g/mol. The van der Waals surface area contributed by atoms with E-state index in [0.29, 0.717) is 22.5 Å². The maximum absolute atomic E-state index is 12.7. The SMILES string of the molecule is COc1ccccc1NS(=O)(=O)c1ccc2oc(SCC(=O)OC(C)C)nc2c1. The van der Waals surface area contributed by atoms with Gasteiger partial charge in [0.15, 0.2) is 5.58 Å². The number of carbonyl (C=O) groups is 1. The molecule has 0 fully saturated rings. The molecule has 0 bridgehead atoms. The number of methoxy groups -OCH3 is 1. The van der Waals surface area contributed by atoms with Crippen molar-refractivity contribution < 1.29 is 27.1 Å². The minimum Gasteiger partial charge on any atom is -0.495 e. The molecular formula is C19H20N2O6S2. The molecule has 0 amide bonds. The Balaban J connectivity index is 1.79. The van der Waals surface area contributed by atoms with Gasteiger partial charge in [-0.15, -0.1) is 0 Å². The van der Waals surface area contributed by atoms with E-state index in [1.165, 1.54) is 25.3 Å². The third-order valence-corrected chi connectivity index (χ3v) is 5.85. The van der Waals surface area contributed by atoms with Gasteiger partial charge in [0.05, 0.1) is 23.8 Å². The van der Waals surface area contributed by atoms with Crippen LogP contribution in [0.25, 0.3) is 11.1 Å². The molecule has 0 aliphatic rings. The number of esters is 1. The zero-order valence-electron chi connectivity index (χ0n) is 16.0. The molecule has 29 heavy (non-hydrogen) atoms. The minimum absolute atomic E-state index is 0.0278. The summed E-state index contributed by atoms with van der Waals surface area (Å²) in [6.45, 7) is 3.53. The topological polar surface area (TPSA) is 108 Å². The maximum atomic E-state index is 12.7. The number of anilines is 1. The van der Waals surface area contributed by atoms with Crippen molar-refractivity contribution in [3.05, 3.63) is 42.5 Å².